The molecule has 0 spiro atoms. The van der Waals surface area contributed by atoms with Gasteiger partial charge in [0.15, 0.2) is 0 Å². The zero-order valence-corrected chi connectivity index (χ0v) is 13.6. The number of likely N-dealkylation sites (N-methyl/N-ethyl adjacent to an activating group) is 1. The molecule has 2 aromatic rings. The molecule has 1 heterocycles. The first kappa shape index (κ1) is 14.7. The SMILES string of the molecule is CC(N)C(c1ccccc1)N(C)Cc1cc(Br)cs1. The van der Waals surface area contributed by atoms with Crippen LogP contribution in [0.5, 0.6) is 0 Å². The van der Waals surface area contributed by atoms with E-state index in [0.29, 0.717) is 0 Å². The number of hydrogen-bond donors (Lipinski definition) is 1. The van der Waals surface area contributed by atoms with Gasteiger partial charge in [0, 0.05) is 33.4 Å². The van der Waals surface area contributed by atoms with Gasteiger partial charge in [0.2, 0.25) is 0 Å². The van der Waals surface area contributed by atoms with Crippen molar-refractivity contribution in [1.82, 2.24) is 4.90 Å². The molecule has 0 saturated heterocycles. The van der Waals surface area contributed by atoms with E-state index in [4.69, 9.17) is 5.73 Å². The monoisotopic (exact) mass is 338 g/mol. The lowest BCUT2D eigenvalue weighted by Crippen LogP contribution is -2.36. The first-order valence-corrected chi connectivity index (χ1v) is 7.99. The fraction of sp³-hybridized carbons (Fsp3) is 0.333. The van der Waals surface area contributed by atoms with Crippen molar-refractivity contribution in [3.8, 4) is 0 Å². The molecule has 2 nitrogen and oxygen atoms in total. The molecule has 19 heavy (non-hydrogen) atoms. The predicted molar refractivity (Wildman–Crippen MR) is 86.3 cm³/mol. The molecular weight excluding hydrogens is 320 g/mol. The second kappa shape index (κ2) is 6.66. The molecule has 0 amide bonds. The highest BCUT2D eigenvalue weighted by molar-refractivity contribution is 9.10. The maximum Gasteiger partial charge on any atom is 0.0497 e. The van der Waals surface area contributed by atoms with E-state index in [0.717, 1.165) is 11.0 Å². The third-order valence-electron chi connectivity index (χ3n) is 3.14. The summed E-state index contributed by atoms with van der Waals surface area (Å²) in [5, 5.41) is 2.12. The third kappa shape index (κ3) is 3.89. The molecule has 4 heteroatoms. The molecule has 0 fully saturated rings. The second-order valence-corrected chi connectivity index (χ2v) is 6.77. The smallest absolute Gasteiger partial charge is 0.0497 e. The summed E-state index contributed by atoms with van der Waals surface area (Å²) in [4.78, 5) is 3.66. The molecule has 2 N–H and O–H groups in total. The Balaban J connectivity index is 2.15. The van der Waals surface area contributed by atoms with Gasteiger partial charge in [-0.05, 0) is 41.5 Å². The zero-order valence-electron chi connectivity index (χ0n) is 11.2. The molecule has 2 atom stereocenters. The fourth-order valence-corrected chi connectivity index (χ4v) is 3.90. The van der Waals surface area contributed by atoms with Crippen molar-refractivity contribution in [2.24, 2.45) is 5.73 Å². The topological polar surface area (TPSA) is 29.3 Å². The molecule has 2 rings (SSSR count). The molecule has 1 aromatic carbocycles. The maximum atomic E-state index is 6.18. The molecule has 2 unspecified atom stereocenters. The summed E-state index contributed by atoms with van der Waals surface area (Å²) in [6.07, 6.45) is 0. The minimum absolute atomic E-state index is 0.0933. The van der Waals surface area contributed by atoms with Crippen molar-refractivity contribution >= 4 is 27.3 Å². The number of benzene rings is 1. The minimum atomic E-state index is 0.0933. The van der Waals surface area contributed by atoms with Crippen LogP contribution in [0, 0.1) is 0 Å². The summed E-state index contributed by atoms with van der Waals surface area (Å²) in [7, 11) is 2.13. The van der Waals surface area contributed by atoms with Crippen LogP contribution in [0.15, 0.2) is 46.3 Å². The maximum absolute atomic E-state index is 6.18. The van der Waals surface area contributed by atoms with Crippen LogP contribution in [0.25, 0.3) is 0 Å². The predicted octanol–water partition coefficient (Wildman–Crippen LogP) is 4.03. The highest BCUT2D eigenvalue weighted by atomic mass is 79.9. The van der Waals surface area contributed by atoms with E-state index < -0.39 is 0 Å². The van der Waals surface area contributed by atoms with Gasteiger partial charge in [-0.1, -0.05) is 30.3 Å². The minimum Gasteiger partial charge on any atom is -0.326 e. The average molecular weight is 339 g/mol. The van der Waals surface area contributed by atoms with Crippen molar-refractivity contribution in [2.45, 2.75) is 25.6 Å². The standard InChI is InChI=1S/C15H19BrN2S/c1-11(17)15(12-6-4-3-5-7-12)18(2)9-14-8-13(16)10-19-14/h3-8,10-11,15H,9,17H2,1-2H3. The number of nitrogens with zero attached hydrogens (tertiary/aromatic N) is 1. The van der Waals surface area contributed by atoms with E-state index in [9.17, 15) is 0 Å². The normalized spacial score (nSPS) is 14.6. The van der Waals surface area contributed by atoms with Crippen LogP contribution in [0.2, 0.25) is 0 Å². The van der Waals surface area contributed by atoms with Crippen LogP contribution in [0.1, 0.15) is 23.4 Å². The Morgan fingerprint density at radius 3 is 2.53 bits per heavy atom. The summed E-state index contributed by atoms with van der Waals surface area (Å²) in [5.74, 6) is 0. The molecule has 102 valence electrons. The number of hydrogen-bond acceptors (Lipinski definition) is 3. The summed E-state index contributed by atoms with van der Waals surface area (Å²) in [6.45, 7) is 2.98. The number of nitrogens with two attached hydrogens (primary N) is 1. The van der Waals surface area contributed by atoms with Gasteiger partial charge in [0.05, 0.1) is 0 Å². The van der Waals surface area contributed by atoms with E-state index >= 15 is 0 Å². The van der Waals surface area contributed by atoms with Gasteiger partial charge in [-0.15, -0.1) is 11.3 Å². The Morgan fingerprint density at radius 2 is 2.00 bits per heavy atom. The lowest BCUT2D eigenvalue weighted by atomic mass is 9.99. The summed E-state index contributed by atoms with van der Waals surface area (Å²) in [5.41, 5.74) is 7.45. The Labute approximate surface area is 127 Å². The Bertz CT molecular complexity index is 510. The van der Waals surface area contributed by atoms with E-state index in [-0.39, 0.29) is 12.1 Å². The van der Waals surface area contributed by atoms with Crippen molar-refractivity contribution in [2.75, 3.05) is 7.05 Å². The molecule has 1 aromatic heterocycles. The molecule has 0 aliphatic heterocycles. The largest absolute Gasteiger partial charge is 0.326 e. The van der Waals surface area contributed by atoms with Gasteiger partial charge in [0.1, 0.15) is 0 Å². The molecule has 0 aliphatic carbocycles. The van der Waals surface area contributed by atoms with Crippen molar-refractivity contribution in [3.05, 3.63) is 56.7 Å². The van der Waals surface area contributed by atoms with Crippen LogP contribution in [-0.4, -0.2) is 18.0 Å². The fourth-order valence-electron chi connectivity index (χ4n) is 2.39. The average Bonchev–Trinajstić information content (AvgIpc) is 2.75. The second-order valence-electron chi connectivity index (χ2n) is 4.86. The Hall–Kier alpha value is -0.680. The number of halogens is 1. The quantitative estimate of drug-likeness (QED) is 0.891. The van der Waals surface area contributed by atoms with Crippen LogP contribution >= 0.6 is 27.3 Å². The Morgan fingerprint density at radius 1 is 1.32 bits per heavy atom. The Kier molecular flexibility index (Phi) is 5.16. The van der Waals surface area contributed by atoms with Crippen LogP contribution in [-0.2, 0) is 6.54 Å². The van der Waals surface area contributed by atoms with Gasteiger partial charge < -0.3 is 5.73 Å². The molecule has 0 radical (unpaired) electrons. The molecule has 0 saturated carbocycles. The van der Waals surface area contributed by atoms with Gasteiger partial charge in [-0.25, -0.2) is 0 Å². The van der Waals surface area contributed by atoms with Crippen LogP contribution in [0.3, 0.4) is 0 Å². The summed E-state index contributed by atoms with van der Waals surface area (Å²) in [6, 6.07) is 13.0. The van der Waals surface area contributed by atoms with Gasteiger partial charge in [-0.2, -0.15) is 0 Å². The van der Waals surface area contributed by atoms with Crippen LogP contribution in [0.4, 0.5) is 0 Å². The van der Waals surface area contributed by atoms with E-state index in [2.05, 4.69) is 70.5 Å². The number of thiophene rings is 1. The van der Waals surface area contributed by atoms with Crippen molar-refractivity contribution in [3.63, 3.8) is 0 Å². The molecular formula is C15H19BrN2S. The zero-order chi connectivity index (χ0) is 13.8. The van der Waals surface area contributed by atoms with Crippen molar-refractivity contribution in [1.29, 1.82) is 0 Å². The first-order chi connectivity index (χ1) is 9.08. The highest BCUT2D eigenvalue weighted by Crippen LogP contribution is 2.27. The summed E-state index contributed by atoms with van der Waals surface area (Å²) < 4.78 is 1.15. The van der Waals surface area contributed by atoms with Gasteiger partial charge in [-0.3, -0.25) is 4.90 Å². The van der Waals surface area contributed by atoms with E-state index in [1.54, 1.807) is 11.3 Å². The van der Waals surface area contributed by atoms with Gasteiger partial charge >= 0.3 is 0 Å². The summed E-state index contributed by atoms with van der Waals surface area (Å²) >= 11 is 5.27. The van der Waals surface area contributed by atoms with E-state index in [1.165, 1.54) is 10.4 Å². The number of rotatable bonds is 5. The van der Waals surface area contributed by atoms with E-state index in [1.807, 2.05) is 6.07 Å². The molecule has 0 aliphatic rings. The van der Waals surface area contributed by atoms with Crippen LogP contribution < -0.4 is 5.73 Å². The molecule has 0 bridgehead atoms. The lowest BCUT2D eigenvalue weighted by molar-refractivity contribution is 0.212. The first-order valence-electron chi connectivity index (χ1n) is 6.31. The highest BCUT2D eigenvalue weighted by Gasteiger charge is 2.21. The lowest BCUT2D eigenvalue weighted by Gasteiger charge is -2.31. The van der Waals surface area contributed by atoms with Crippen molar-refractivity contribution < 1.29 is 0 Å². The van der Waals surface area contributed by atoms with Gasteiger partial charge in [0.25, 0.3) is 0 Å². The third-order valence-corrected chi connectivity index (χ3v) is 4.82.